The third-order valence-electron chi connectivity index (χ3n) is 1.94. The van der Waals surface area contributed by atoms with Crippen molar-refractivity contribution in [3.63, 3.8) is 0 Å². The lowest BCUT2D eigenvalue weighted by atomic mass is 10.3. The molecule has 0 amide bonds. The Morgan fingerprint density at radius 2 is 2.11 bits per heavy atom. The second-order valence-corrected chi connectivity index (χ2v) is 3.23. The van der Waals surface area contributed by atoms with Crippen LogP contribution in [0.15, 0.2) is 34.9 Å². The van der Waals surface area contributed by atoms with Gasteiger partial charge >= 0.3 is 11.9 Å². The highest BCUT2D eigenvalue weighted by atomic mass is 19.1. The summed E-state index contributed by atoms with van der Waals surface area (Å²) in [6, 6.07) is 5.85. The molecule has 1 aromatic heterocycles. The fourth-order valence-corrected chi connectivity index (χ4v) is 1.16. The van der Waals surface area contributed by atoms with E-state index < -0.39 is 23.4 Å². The van der Waals surface area contributed by atoms with Crippen molar-refractivity contribution in [3.05, 3.63) is 47.6 Å². The minimum Gasteiger partial charge on any atom is -0.476 e. The predicted octanol–water partition coefficient (Wildman–Crippen LogP) is 1.73. The van der Waals surface area contributed by atoms with E-state index in [2.05, 4.69) is 9.68 Å². The number of nitrogens with zero attached hydrogens (tertiary/aromatic N) is 1. The van der Waals surface area contributed by atoms with E-state index >= 15 is 0 Å². The fourth-order valence-electron chi connectivity index (χ4n) is 1.16. The molecule has 18 heavy (non-hydrogen) atoms. The van der Waals surface area contributed by atoms with Gasteiger partial charge in [-0.05, 0) is 12.1 Å². The van der Waals surface area contributed by atoms with E-state index in [-0.39, 0.29) is 11.5 Å². The third kappa shape index (κ3) is 2.51. The van der Waals surface area contributed by atoms with E-state index in [4.69, 9.17) is 9.84 Å². The zero-order valence-corrected chi connectivity index (χ0v) is 8.79. The number of ether oxygens (including phenoxy) is 1. The maximum Gasteiger partial charge on any atom is 0.382 e. The molecule has 0 fully saturated rings. The highest BCUT2D eigenvalue weighted by Crippen LogP contribution is 2.14. The van der Waals surface area contributed by atoms with Crippen molar-refractivity contribution in [3.8, 4) is 5.75 Å². The van der Waals surface area contributed by atoms with E-state index in [0.29, 0.717) is 0 Å². The molecule has 0 aliphatic heterocycles. The molecule has 0 aliphatic rings. The van der Waals surface area contributed by atoms with Gasteiger partial charge in [0.25, 0.3) is 0 Å². The predicted molar refractivity (Wildman–Crippen MR) is 54.8 cm³/mol. The van der Waals surface area contributed by atoms with Crippen molar-refractivity contribution in [2.24, 2.45) is 0 Å². The number of halogens is 1. The van der Waals surface area contributed by atoms with Gasteiger partial charge in [0, 0.05) is 12.1 Å². The Hall–Kier alpha value is -2.70. The molecule has 1 aromatic carbocycles. The van der Waals surface area contributed by atoms with Gasteiger partial charge in [0.05, 0.1) is 0 Å². The molecule has 1 N–H and O–H groups in total. The highest BCUT2D eigenvalue weighted by molar-refractivity contribution is 5.92. The first-order valence-corrected chi connectivity index (χ1v) is 4.74. The van der Waals surface area contributed by atoms with Crippen LogP contribution in [0, 0.1) is 5.82 Å². The van der Waals surface area contributed by atoms with Gasteiger partial charge in [-0.25, -0.2) is 14.0 Å². The van der Waals surface area contributed by atoms with Gasteiger partial charge in [-0.15, -0.1) is 0 Å². The Bertz CT molecular complexity index is 607. The quantitative estimate of drug-likeness (QED) is 0.660. The Balaban J connectivity index is 2.14. The van der Waals surface area contributed by atoms with Gasteiger partial charge in [-0.1, -0.05) is 11.2 Å². The molecule has 0 saturated carbocycles. The summed E-state index contributed by atoms with van der Waals surface area (Å²) in [5, 5.41) is 11.7. The molecule has 0 radical (unpaired) electrons. The van der Waals surface area contributed by atoms with Crippen molar-refractivity contribution < 1.29 is 28.3 Å². The molecule has 1 heterocycles. The second kappa shape index (κ2) is 4.66. The van der Waals surface area contributed by atoms with Gasteiger partial charge in [0.15, 0.2) is 5.69 Å². The fraction of sp³-hybridized carbons (Fsp3) is 0. The van der Waals surface area contributed by atoms with Gasteiger partial charge < -0.3 is 14.4 Å². The zero-order valence-electron chi connectivity index (χ0n) is 8.79. The lowest BCUT2D eigenvalue weighted by Crippen LogP contribution is -2.07. The topological polar surface area (TPSA) is 89.6 Å². The van der Waals surface area contributed by atoms with Crippen LogP contribution in [0.5, 0.6) is 5.75 Å². The van der Waals surface area contributed by atoms with Gasteiger partial charge in [0.1, 0.15) is 11.6 Å². The molecule has 0 unspecified atom stereocenters. The third-order valence-corrected chi connectivity index (χ3v) is 1.94. The Labute approximate surface area is 99.6 Å². The number of aromatic carboxylic acids is 1. The lowest BCUT2D eigenvalue weighted by Gasteiger charge is -2.00. The average Bonchev–Trinajstić information content (AvgIpc) is 2.78. The van der Waals surface area contributed by atoms with E-state index in [0.717, 1.165) is 12.1 Å². The van der Waals surface area contributed by atoms with Crippen molar-refractivity contribution in [1.82, 2.24) is 5.16 Å². The summed E-state index contributed by atoms with van der Waals surface area (Å²) in [4.78, 5) is 22.0. The van der Waals surface area contributed by atoms with Gasteiger partial charge in [0.2, 0.25) is 5.76 Å². The summed E-state index contributed by atoms with van der Waals surface area (Å²) >= 11 is 0. The smallest absolute Gasteiger partial charge is 0.382 e. The number of carbonyl (C=O) groups is 2. The van der Waals surface area contributed by atoms with Crippen molar-refractivity contribution in [2.45, 2.75) is 0 Å². The number of esters is 1. The van der Waals surface area contributed by atoms with Crippen LogP contribution >= 0.6 is 0 Å². The first kappa shape index (κ1) is 11.8. The van der Waals surface area contributed by atoms with Crippen LogP contribution in [0.3, 0.4) is 0 Å². The number of hydrogen-bond donors (Lipinski definition) is 1. The van der Waals surface area contributed by atoms with Gasteiger partial charge in [-0.3, -0.25) is 0 Å². The normalized spacial score (nSPS) is 10.1. The molecule has 6 nitrogen and oxygen atoms in total. The average molecular weight is 251 g/mol. The van der Waals surface area contributed by atoms with Crippen LogP contribution in [0.4, 0.5) is 4.39 Å². The number of benzene rings is 1. The molecule has 2 aromatic rings. The second-order valence-electron chi connectivity index (χ2n) is 3.23. The molecular formula is C11H6FNO5. The van der Waals surface area contributed by atoms with Crippen molar-refractivity contribution in [2.75, 3.05) is 0 Å². The number of carboxylic acids is 1. The largest absolute Gasteiger partial charge is 0.476 e. The van der Waals surface area contributed by atoms with E-state index in [1.807, 2.05) is 0 Å². The van der Waals surface area contributed by atoms with Crippen LogP contribution in [-0.4, -0.2) is 22.2 Å². The Morgan fingerprint density at radius 3 is 2.72 bits per heavy atom. The van der Waals surface area contributed by atoms with E-state index in [1.165, 1.54) is 18.2 Å². The van der Waals surface area contributed by atoms with Crippen LogP contribution < -0.4 is 4.74 Å². The summed E-state index contributed by atoms with van der Waals surface area (Å²) in [5.41, 5.74) is -0.416. The van der Waals surface area contributed by atoms with Crippen molar-refractivity contribution >= 4 is 11.9 Å². The standard InChI is InChI=1S/C11H6FNO5/c12-6-2-1-3-7(4-6)17-11(16)9-5-8(10(14)15)13-18-9/h1-5H,(H,14,15). The maximum absolute atomic E-state index is 12.8. The summed E-state index contributed by atoms with van der Waals surface area (Å²) in [6.07, 6.45) is 0. The maximum atomic E-state index is 12.8. The number of carboxylic acid groups (broad SMARTS) is 1. The molecule has 0 aliphatic carbocycles. The first-order valence-electron chi connectivity index (χ1n) is 4.74. The van der Waals surface area contributed by atoms with Crippen LogP contribution in [0.25, 0.3) is 0 Å². The minimum atomic E-state index is -1.33. The molecule has 2 rings (SSSR count). The lowest BCUT2D eigenvalue weighted by molar-refractivity contribution is 0.0668. The van der Waals surface area contributed by atoms with Crippen molar-refractivity contribution in [1.29, 1.82) is 0 Å². The SMILES string of the molecule is O=C(O)c1cc(C(=O)Oc2cccc(F)c2)on1. The summed E-state index contributed by atoms with van der Waals surface area (Å²) < 4.78 is 22.1. The molecule has 0 atom stereocenters. The molecule has 7 heteroatoms. The molecular weight excluding hydrogens is 245 g/mol. The van der Waals surface area contributed by atoms with E-state index in [9.17, 15) is 14.0 Å². The highest BCUT2D eigenvalue weighted by Gasteiger charge is 2.18. The Kier molecular flexibility index (Phi) is 3.05. The number of hydrogen-bond acceptors (Lipinski definition) is 5. The number of aromatic nitrogens is 1. The zero-order chi connectivity index (χ0) is 13.1. The van der Waals surface area contributed by atoms with Gasteiger partial charge in [-0.2, -0.15) is 0 Å². The molecule has 0 spiro atoms. The molecule has 92 valence electrons. The molecule has 0 bridgehead atoms. The van der Waals surface area contributed by atoms with Crippen LogP contribution in [-0.2, 0) is 0 Å². The summed E-state index contributed by atoms with van der Waals surface area (Å²) in [6.45, 7) is 0. The van der Waals surface area contributed by atoms with Crippen LogP contribution in [0.2, 0.25) is 0 Å². The van der Waals surface area contributed by atoms with E-state index in [1.54, 1.807) is 0 Å². The van der Waals surface area contributed by atoms with Crippen LogP contribution in [0.1, 0.15) is 21.0 Å². The first-order chi connectivity index (χ1) is 8.56. The Morgan fingerprint density at radius 1 is 1.33 bits per heavy atom. The number of rotatable bonds is 3. The molecule has 0 saturated heterocycles. The minimum absolute atomic E-state index is 0.0201. The number of carbonyl (C=O) groups excluding carboxylic acids is 1. The summed E-state index contributed by atoms with van der Waals surface area (Å²) in [5.74, 6) is -3.25. The summed E-state index contributed by atoms with van der Waals surface area (Å²) in [7, 11) is 0. The monoisotopic (exact) mass is 251 g/mol.